The van der Waals surface area contributed by atoms with Gasteiger partial charge in [0.2, 0.25) is 5.91 Å². The second-order valence-electron chi connectivity index (χ2n) is 6.34. The maximum absolute atomic E-state index is 12.5. The molecule has 2 heterocycles. The molecule has 2 rings (SSSR count). The van der Waals surface area contributed by atoms with Gasteiger partial charge in [0.05, 0.1) is 18.2 Å². The van der Waals surface area contributed by atoms with Gasteiger partial charge in [0.25, 0.3) is 0 Å². The van der Waals surface area contributed by atoms with Crippen LogP contribution in [0.1, 0.15) is 45.3 Å². The number of hydrogen-bond acceptors (Lipinski definition) is 4. The zero-order chi connectivity index (χ0) is 17.0. The maximum Gasteiger partial charge on any atom is 0.326 e. The monoisotopic (exact) mass is 323 g/mol. The van der Waals surface area contributed by atoms with Crippen molar-refractivity contribution < 1.29 is 19.4 Å². The summed E-state index contributed by atoms with van der Waals surface area (Å²) in [4.78, 5) is 23.8. The second kappa shape index (κ2) is 7.59. The number of hydrogen-bond donors (Lipinski definition) is 2. The van der Waals surface area contributed by atoms with Crippen LogP contribution in [0.5, 0.6) is 0 Å². The van der Waals surface area contributed by atoms with E-state index in [1.807, 2.05) is 27.0 Å². The van der Waals surface area contributed by atoms with Gasteiger partial charge in [0.15, 0.2) is 0 Å². The summed E-state index contributed by atoms with van der Waals surface area (Å²) in [5.41, 5.74) is 0.861. The van der Waals surface area contributed by atoms with Gasteiger partial charge in [-0.2, -0.15) is 5.10 Å². The van der Waals surface area contributed by atoms with Crippen LogP contribution >= 0.6 is 0 Å². The highest BCUT2D eigenvalue weighted by molar-refractivity contribution is 5.85. The topological polar surface area (TPSA) is 93.5 Å². The van der Waals surface area contributed by atoms with E-state index in [1.165, 1.54) is 0 Å². The van der Waals surface area contributed by atoms with E-state index < -0.39 is 12.0 Å². The number of ether oxygens (including phenoxy) is 1. The number of aryl methyl sites for hydroxylation is 1. The fourth-order valence-electron chi connectivity index (χ4n) is 2.86. The third-order valence-corrected chi connectivity index (χ3v) is 4.06. The third kappa shape index (κ3) is 4.31. The SMILES string of the molecule is CCn1cc([C@H]2OCC[C@@H]2C(=O)N[C@H](CC(C)C)C(=O)O)cn1. The summed E-state index contributed by atoms with van der Waals surface area (Å²) >= 11 is 0. The molecule has 1 aliphatic rings. The van der Waals surface area contributed by atoms with Crippen LogP contribution in [-0.2, 0) is 20.9 Å². The van der Waals surface area contributed by atoms with Gasteiger partial charge < -0.3 is 15.2 Å². The Balaban J connectivity index is 2.06. The molecule has 1 aromatic heterocycles. The summed E-state index contributed by atoms with van der Waals surface area (Å²) in [5.74, 6) is -1.44. The van der Waals surface area contributed by atoms with Crippen LogP contribution in [0.4, 0.5) is 0 Å². The van der Waals surface area contributed by atoms with Crippen molar-refractivity contribution >= 4 is 11.9 Å². The Bertz CT molecular complexity index is 555. The normalized spacial score (nSPS) is 22.3. The molecule has 1 aliphatic heterocycles. The Hall–Kier alpha value is -1.89. The summed E-state index contributed by atoms with van der Waals surface area (Å²) in [5, 5.41) is 16.1. The van der Waals surface area contributed by atoms with Crippen molar-refractivity contribution in [1.29, 1.82) is 0 Å². The molecular weight excluding hydrogens is 298 g/mol. The van der Waals surface area contributed by atoms with E-state index >= 15 is 0 Å². The lowest BCUT2D eigenvalue weighted by molar-refractivity contribution is -0.143. The smallest absolute Gasteiger partial charge is 0.326 e. The first kappa shape index (κ1) is 17.5. The molecule has 0 aliphatic carbocycles. The Morgan fingerprint density at radius 3 is 2.83 bits per heavy atom. The van der Waals surface area contributed by atoms with Crippen molar-refractivity contribution in [2.75, 3.05) is 6.61 Å². The van der Waals surface area contributed by atoms with E-state index in [0.29, 0.717) is 19.4 Å². The molecule has 7 nitrogen and oxygen atoms in total. The summed E-state index contributed by atoms with van der Waals surface area (Å²) < 4.78 is 7.47. The van der Waals surface area contributed by atoms with Crippen LogP contribution in [0.15, 0.2) is 12.4 Å². The van der Waals surface area contributed by atoms with Gasteiger partial charge in [-0.3, -0.25) is 9.48 Å². The first-order valence-corrected chi connectivity index (χ1v) is 8.09. The lowest BCUT2D eigenvalue weighted by Crippen LogP contribution is -2.44. The molecule has 1 aromatic rings. The Labute approximate surface area is 136 Å². The maximum atomic E-state index is 12.5. The highest BCUT2D eigenvalue weighted by atomic mass is 16.5. The number of amides is 1. The average Bonchev–Trinajstić information content (AvgIpc) is 3.14. The van der Waals surface area contributed by atoms with E-state index in [4.69, 9.17) is 4.74 Å². The lowest BCUT2D eigenvalue weighted by Gasteiger charge is -2.21. The Kier molecular flexibility index (Phi) is 5.76. The van der Waals surface area contributed by atoms with Gasteiger partial charge in [-0.15, -0.1) is 0 Å². The van der Waals surface area contributed by atoms with E-state index in [0.717, 1.165) is 12.1 Å². The van der Waals surface area contributed by atoms with Crippen molar-refractivity contribution in [3.05, 3.63) is 18.0 Å². The largest absolute Gasteiger partial charge is 0.480 e. The minimum absolute atomic E-state index is 0.190. The van der Waals surface area contributed by atoms with Crippen LogP contribution < -0.4 is 5.32 Å². The molecule has 0 aromatic carbocycles. The molecule has 1 amide bonds. The number of aliphatic carboxylic acids is 1. The number of aromatic nitrogens is 2. The van der Waals surface area contributed by atoms with Crippen LogP contribution in [-0.4, -0.2) is 39.4 Å². The lowest BCUT2D eigenvalue weighted by atomic mass is 9.95. The second-order valence-corrected chi connectivity index (χ2v) is 6.34. The molecule has 1 saturated heterocycles. The van der Waals surface area contributed by atoms with E-state index in [1.54, 1.807) is 10.9 Å². The minimum atomic E-state index is -0.999. The molecule has 0 radical (unpaired) electrons. The van der Waals surface area contributed by atoms with Gasteiger partial charge in [-0.25, -0.2) is 4.79 Å². The molecule has 0 bridgehead atoms. The van der Waals surface area contributed by atoms with E-state index in [9.17, 15) is 14.7 Å². The number of carboxylic acid groups (broad SMARTS) is 1. The molecule has 1 fully saturated rings. The number of carbonyl (C=O) groups is 2. The van der Waals surface area contributed by atoms with Gasteiger partial charge >= 0.3 is 5.97 Å². The predicted octanol–water partition coefficient (Wildman–Crippen LogP) is 1.60. The molecule has 128 valence electrons. The van der Waals surface area contributed by atoms with E-state index in [2.05, 4.69) is 10.4 Å². The minimum Gasteiger partial charge on any atom is -0.480 e. The number of nitrogens with zero attached hydrogens (tertiary/aromatic N) is 2. The summed E-state index contributed by atoms with van der Waals surface area (Å²) in [7, 11) is 0. The standard InChI is InChI=1S/C16H25N3O4/c1-4-19-9-11(8-17-19)14-12(5-6-23-14)15(20)18-13(16(21)22)7-10(2)3/h8-10,12-14H,4-7H2,1-3H3,(H,18,20)(H,21,22)/t12-,13+,14+/m0/s1. The van der Waals surface area contributed by atoms with Gasteiger partial charge in [0.1, 0.15) is 6.04 Å². The van der Waals surface area contributed by atoms with Crippen LogP contribution in [0.3, 0.4) is 0 Å². The van der Waals surface area contributed by atoms with Gasteiger partial charge in [-0.05, 0) is 25.7 Å². The summed E-state index contributed by atoms with van der Waals surface area (Å²) in [6.45, 7) is 7.09. The first-order chi connectivity index (χ1) is 10.9. The van der Waals surface area contributed by atoms with Crippen LogP contribution in [0, 0.1) is 11.8 Å². The number of nitrogens with one attached hydrogen (secondary N) is 1. The molecule has 0 saturated carbocycles. The molecule has 0 spiro atoms. The van der Waals surface area contributed by atoms with E-state index in [-0.39, 0.29) is 23.8 Å². The van der Waals surface area contributed by atoms with Crippen LogP contribution in [0.25, 0.3) is 0 Å². The zero-order valence-corrected chi connectivity index (χ0v) is 13.9. The Morgan fingerprint density at radius 1 is 1.52 bits per heavy atom. The predicted molar refractivity (Wildman–Crippen MR) is 83.7 cm³/mol. The van der Waals surface area contributed by atoms with Crippen molar-refractivity contribution in [2.24, 2.45) is 11.8 Å². The highest BCUT2D eigenvalue weighted by Gasteiger charge is 2.37. The van der Waals surface area contributed by atoms with Gasteiger partial charge in [0, 0.05) is 24.9 Å². The molecule has 3 atom stereocenters. The van der Waals surface area contributed by atoms with Crippen LogP contribution in [0.2, 0.25) is 0 Å². The number of carbonyl (C=O) groups excluding carboxylic acids is 1. The fourth-order valence-corrected chi connectivity index (χ4v) is 2.86. The highest BCUT2D eigenvalue weighted by Crippen LogP contribution is 2.34. The fraction of sp³-hybridized carbons (Fsp3) is 0.688. The van der Waals surface area contributed by atoms with Crippen molar-refractivity contribution in [2.45, 2.75) is 52.3 Å². The number of rotatable bonds is 7. The quantitative estimate of drug-likeness (QED) is 0.795. The Morgan fingerprint density at radius 2 is 2.26 bits per heavy atom. The third-order valence-electron chi connectivity index (χ3n) is 4.06. The first-order valence-electron chi connectivity index (χ1n) is 8.09. The average molecular weight is 323 g/mol. The van der Waals surface area contributed by atoms with Gasteiger partial charge in [-0.1, -0.05) is 13.8 Å². The molecule has 7 heteroatoms. The molecule has 23 heavy (non-hydrogen) atoms. The molecule has 2 N–H and O–H groups in total. The molecule has 0 unspecified atom stereocenters. The molecular formula is C16H25N3O4. The van der Waals surface area contributed by atoms with Crippen molar-refractivity contribution in [3.8, 4) is 0 Å². The summed E-state index contributed by atoms with van der Waals surface area (Å²) in [6, 6.07) is -0.859. The zero-order valence-electron chi connectivity index (χ0n) is 13.9. The number of carboxylic acids is 1. The summed E-state index contributed by atoms with van der Waals surface area (Å²) in [6.07, 6.45) is 4.22. The van der Waals surface area contributed by atoms with Crippen molar-refractivity contribution in [3.63, 3.8) is 0 Å². The van der Waals surface area contributed by atoms with Crippen molar-refractivity contribution in [1.82, 2.24) is 15.1 Å².